The van der Waals surface area contributed by atoms with E-state index in [2.05, 4.69) is 4.99 Å². The summed E-state index contributed by atoms with van der Waals surface area (Å²) in [4.78, 5) is 57.4. The highest BCUT2D eigenvalue weighted by Gasteiger charge is 2.67. The van der Waals surface area contributed by atoms with Crippen LogP contribution in [-0.2, 0) is 28.6 Å². The van der Waals surface area contributed by atoms with E-state index in [1.807, 2.05) is 0 Å². The first kappa shape index (κ1) is 21.4. The van der Waals surface area contributed by atoms with Gasteiger partial charge in [-0.3, -0.25) is 19.4 Å². The van der Waals surface area contributed by atoms with Crippen molar-refractivity contribution in [3.05, 3.63) is 46.7 Å². The molecule has 0 saturated heterocycles. The van der Waals surface area contributed by atoms with Gasteiger partial charge in [-0.2, -0.15) is 0 Å². The number of benzene rings is 1. The molecule has 1 aliphatic carbocycles. The summed E-state index contributed by atoms with van der Waals surface area (Å²) < 4.78 is 15.6. The third-order valence-corrected chi connectivity index (χ3v) is 5.15. The minimum absolute atomic E-state index is 0.00687. The fourth-order valence-electron chi connectivity index (χ4n) is 4.11. The van der Waals surface area contributed by atoms with E-state index in [0.717, 1.165) is 0 Å². The lowest BCUT2D eigenvalue weighted by Crippen LogP contribution is -2.57. The van der Waals surface area contributed by atoms with Gasteiger partial charge in [-0.1, -0.05) is 24.3 Å². The number of ketones is 1. The maximum Gasteiger partial charge on any atom is 0.337 e. The number of carbonyl (C=O) groups is 4. The highest BCUT2D eigenvalue weighted by Crippen LogP contribution is 2.52. The van der Waals surface area contributed by atoms with Gasteiger partial charge in [-0.15, -0.1) is 0 Å². The molecule has 0 N–H and O–H groups in total. The fourth-order valence-corrected chi connectivity index (χ4v) is 4.11. The molecule has 0 radical (unpaired) electrons. The summed E-state index contributed by atoms with van der Waals surface area (Å²) in [7, 11) is 0. The molecule has 0 unspecified atom stereocenters. The highest BCUT2D eigenvalue weighted by atomic mass is 16.5. The second kappa shape index (κ2) is 8.22. The first-order valence-electron chi connectivity index (χ1n) is 9.81. The molecule has 0 amide bonds. The Labute approximate surface area is 173 Å². The molecular weight excluding hydrogens is 390 g/mol. The van der Waals surface area contributed by atoms with Crippen molar-refractivity contribution in [2.75, 3.05) is 19.8 Å². The van der Waals surface area contributed by atoms with E-state index >= 15 is 0 Å². The van der Waals surface area contributed by atoms with Crippen LogP contribution in [0.2, 0.25) is 0 Å². The van der Waals surface area contributed by atoms with E-state index in [1.165, 1.54) is 6.92 Å². The van der Waals surface area contributed by atoms with Gasteiger partial charge < -0.3 is 14.2 Å². The maximum atomic E-state index is 13.5. The Morgan fingerprint density at radius 1 is 0.967 bits per heavy atom. The summed E-state index contributed by atoms with van der Waals surface area (Å²) in [5.41, 5.74) is -1.32. The average molecular weight is 413 g/mol. The largest absolute Gasteiger partial charge is 0.465 e. The van der Waals surface area contributed by atoms with E-state index in [0.29, 0.717) is 5.56 Å². The molecule has 2 aliphatic rings. The van der Waals surface area contributed by atoms with Crippen LogP contribution in [0.4, 0.5) is 0 Å². The van der Waals surface area contributed by atoms with Crippen LogP contribution in [0.1, 0.15) is 43.6 Å². The smallest absolute Gasteiger partial charge is 0.337 e. The molecule has 3 rings (SSSR count). The molecular formula is C22H23NO7. The minimum atomic E-state index is -2.07. The zero-order valence-electron chi connectivity index (χ0n) is 17.3. The number of rotatable bonds is 6. The topological polar surface area (TPSA) is 108 Å². The van der Waals surface area contributed by atoms with Crippen molar-refractivity contribution in [3.8, 4) is 0 Å². The van der Waals surface area contributed by atoms with Crippen LogP contribution >= 0.6 is 0 Å². The van der Waals surface area contributed by atoms with Gasteiger partial charge in [-0.25, -0.2) is 4.79 Å². The normalized spacial score (nSPS) is 22.1. The predicted molar refractivity (Wildman–Crippen MR) is 106 cm³/mol. The molecule has 1 aromatic carbocycles. The first-order chi connectivity index (χ1) is 14.4. The van der Waals surface area contributed by atoms with Crippen molar-refractivity contribution in [2.24, 2.45) is 16.3 Å². The Kier molecular flexibility index (Phi) is 5.87. The maximum absolute atomic E-state index is 13.5. The summed E-state index contributed by atoms with van der Waals surface area (Å²) in [5, 5.41) is 0. The van der Waals surface area contributed by atoms with Crippen molar-refractivity contribution < 1.29 is 33.4 Å². The lowest BCUT2D eigenvalue weighted by Gasteiger charge is -2.39. The van der Waals surface area contributed by atoms with E-state index in [1.54, 1.807) is 45.0 Å². The second-order valence-corrected chi connectivity index (χ2v) is 6.76. The third kappa shape index (κ3) is 2.94. The van der Waals surface area contributed by atoms with Gasteiger partial charge in [0.2, 0.25) is 0 Å². The lowest BCUT2D eigenvalue weighted by molar-refractivity contribution is -0.161. The Morgan fingerprint density at radius 2 is 1.57 bits per heavy atom. The molecule has 0 aromatic heterocycles. The number of allylic oxidation sites excluding steroid dienone is 1. The number of hydrogen-bond donors (Lipinski definition) is 0. The van der Waals surface area contributed by atoms with Crippen LogP contribution in [0.3, 0.4) is 0 Å². The Bertz CT molecular complexity index is 991. The van der Waals surface area contributed by atoms with Crippen LogP contribution in [0.5, 0.6) is 0 Å². The number of carbonyl (C=O) groups excluding carboxylic acids is 4. The SMILES string of the molecule is CCOC(=O)C1=C(C)N=C2c3ccccc3C(=O)[C@@H](C(=O)OCC)[C@]21C(=O)OCC. The minimum Gasteiger partial charge on any atom is -0.465 e. The van der Waals surface area contributed by atoms with E-state index in [-0.39, 0.29) is 42.4 Å². The number of ether oxygens (including phenoxy) is 3. The van der Waals surface area contributed by atoms with Crippen LogP contribution in [-0.4, -0.2) is 49.2 Å². The fraction of sp³-hybridized carbons (Fsp3) is 0.409. The van der Waals surface area contributed by atoms with Crippen LogP contribution in [0.15, 0.2) is 40.5 Å². The standard InChI is InChI=1S/C22H23NO7/c1-5-28-19(25)15-12(4)23-18-14-11-9-8-10-13(14)17(24)16(20(26)29-6-2)22(15,18)21(27)30-7-3/h8-11,16H,5-7H2,1-4H3/t16-,22-/m0/s1. The van der Waals surface area contributed by atoms with Gasteiger partial charge in [-0.05, 0) is 27.7 Å². The molecule has 1 heterocycles. The molecule has 0 saturated carbocycles. The number of esters is 3. The van der Waals surface area contributed by atoms with Gasteiger partial charge in [0.1, 0.15) is 5.92 Å². The van der Waals surface area contributed by atoms with Crippen LogP contribution in [0.25, 0.3) is 0 Å². The Morgan fingerprint density at radius 3 is 2.17 bits per heavy atom. The molecule has 2 atom stereocenters. The highest BCUT2D eigenvalue weighted by molar-refractivity contribution is 6.35. The van der Waals surface area contributed by atoms with Gasteiger partial charge in [0.25, 0.3) is 0 Å². The van der Waals surface area contributed by atoms with E-state index in [9.17, 15) is 19.2 Å². The number of hydrogen-bond acceptors (Lipinski definition) is 8. The van der Waals surface area contributed by atoms with Crippen molar-refractivity contribution in [3.63, 3.8) is 0 Å². The van der Waals surface area contributed by atoms with Gasteiger partial charge >= 0.3 is 17.9 Å². The second-order valence-electron chi connectivity index (χ2n) is 6.76. The summed E-state index contributed by atoms with van der Waals surface area (Å²) in [6.45, 7) is 6.35. The summed E-state index contributed by atoms with van der Waals surface area (Å²) in [6.07, 6.45) is 0. The number of Topliss-reactive ketones (excluding diaryl/α,β-unsaturated/α-hetero) is 1. The van der Waals surface area contributed by atoms with Gasteiger partial charge in [0.15, 0.2) is 11.2 Å². The number of aliphatic imine (C=N–C) groups is 1. The molecule has 8 heteroatoms. The summed E-state index contributed by atoms with van der Waals surface area (Å²) >= 11 is 0. The molecule has 158 valence electrons. The molecule has 1 aliphatic heterocycles. The molecule has 8 nitrogen and oxygen atoms in total. The van der Waals surface area contributed by atoms with Gasteiger partial charge in [0.05, 0.1) is 31.1 Å². The molecule has 0 spiro atoms. The first-order valence-corrected chi connectivity index (χ1v) is 9.81. The molecule has 0 fully saturated rings. The average Bonchev–Trinajstić information content (AvgIpc) is 3.02. The van der Waals surface area contributed by atoms with Crippen LogP contribution in [0, 0.1) is 11.3 Å². The van der Waals surface area contributed by atoms with Crippen molar-refractivity contribution in [2.45, 2.75) is 27.7 Å². The lowest BCUT2D eigenvalue weighted by atomic mass is 9.59. The van der Waals surface area contributed by atoms with Crippen LogP contribution < -0.4 is 0 Å². The monoisotopic (exact) mass is 413 g/mol. The molecule has 30 heavy (non-hydrogen) atoms. The Hall–Kier alpha value is -3.29. The van der Waals surface area contributed by atoms with Crippen molar-refractivity contribution in [1.29, 1.82) is 0 Å². The zero-order valence-corrected chi connectivity index (χ0v) is 17.3. The Balaban J connectivity index is 2.39. The quantitative estimate of drug-likeness (QED) is 0.400. The number of nitrogens with zero attached hydrogens (tertiary/aromatic N) is 1. The van der Waals surface area contributed by atoms with E-state index in [4.69, 9.17) is 14.2 Å². The van der Waals surface area contributed by atoms with Crippen molar-refractivity contribution in [1.82, 2.24) is 0 Å². The number of fused-ring (bicyclic) bond motifs is 3. The predicted octanol–water partition coefficient (Wildman–Crippen LogP) is 2.25. The summed E-state index contributed by atoms with van der Waals surface area (Å²) in [5.74, 6) is -4.95. The van der Waals surface area contributed by atoms with E-state index < -0.39 is 35.0 Å². The summed E-state index contributed by atoms with van der Waals surface area (Å²) in [6, 6.07) is 6.52. The molecule has 1 aromatic rings. The third-order valence-electron chi connectivity index (χ3n) is 5.15. The van der Waals surface area contributed by atoms with Crippen molar-refractivity contribution >= 4 is 29.4 Å². The zero-order chi connectivity index (χ0) is 22.1. The van der Waals surface area contributed by atoms with Gasteiger partial charge in [0, 0.05) is 16.8 Å². The molecule has 0 bridgehead atoms.